The Labute approximate surface area is 106 Å². The number of hydrogen-bond acceptors (Lipinski definition) is 3. The number of phenols is 1. The zero-order valence-electron chi connectivity index (χ0n) is 10.6. The fourth-order valence-electron chi connectivity index (χ4n) is 1.43. The minimum absolute atomic E-state index is 0.0419. The molecule has 0 aliphatic rings. The molecule has 0 aliphatic carbocycles. The van der Waals surface area contributed by atoms with E-state index in [1.54, 1.807) is 12.1 Å². The molecule has 2 amide bonds. The van der Waals surface area contributed by atoms with Crippen molar-refractivity contribution >= 4 is 11.8 Å². The van der Waals surface area contributed by atoms with Crippen LogP contribution in [0.1, 0.15) is 30.6 Å². The first-order chi connectivity index (χ1) is 8.49. The van der Waals surface area contributed by atoms with Gasteiger partial charge in [0.15, 0.2) is 0 Å². The molecule has 3 N–H and O–H groups in total. The smallest absolute Gasteiger partial charge is 0.251 e. The molecular formula is C13H18N2O3. The number of hydrogen-bond donors (Lipinski definition) is 3. The first-order valence-corrected chi connectivity index (χ1v) is 5.85. The van der Waals surface area contributed by atoms with Crippen molar-refractivity contribution in [3.05, 3.63) is 29.8 Å². The van der Waals surface area contributed by atoms with Gasteiger partial charge in [-0.3, -0.25) is 9.59 Å². The lowest BCUT2D eigenvalue weighted by Crippen LogP contribution is -2.34. The average molecular weight is 250 g/mol. The highest BCUT2D eigenvalue weighted by molar-refractivity contribution is 5.94. The maximum absolute atomic E-state index is 11.6. The second-order valence-corrected chi connectivity index (χ2v) is 4.28. The molecule has 0 bridgehead atoms. The van der Waals surface area contributed by atoms with Gasteiger partial charge < -0.3 is 15.7 Å². The first-order valence-electron chi connectivity index (χ1n) is 5.85. The van der Waals surface area contributed by atoms with Gasteiger partial charge in [-0.2, -0.15) is 0 Å². The molecule has 5 heteroatoms. The van der Waals surface area contributed by atoms with Crippen LogP contribution in [-0.4, -0.2) is 29.5 Å². The summed E-state index contributed by atoms with van der Waals surface area (Å²) in [6.45, 7) is 4.03. The molecule has 1 aromatic carbocycles. The van der Waals surface area contributed by atoms with E-state index in [0.717, 1.165) is 0 Å². The first kappa shape index (κ1) is 14.0. The van der Waals surface area contributed by atoms with E-state index in [1.807, 2.05) is 13.8 Å². The van der Waals surface area contributed by atoms with Crippen molar-refractivity contribution in [3.63, 3.8) is 0 Å². The normalized spacial score (nSPS) is 10.2. The Balaban J connectivity index is 2.36. The molecule has 0 aromatic heterocycles. The van der Waals surface area contributed by atoms with Crippen LogP contribution >= 0.6 is 0 Å². The second-order valence-electron chi connectivity index (χ2n) is 4.28. The molecular weight excluding hydrogens is 232 g/mol. The number of carbonyl (C=O) groups excluding carboxylic acids is 2. The quantitative estimate of drug-likeness (QED) is 0.730. The summed E-state index contributed by atoms with van der Waals surface area (Å²) in [5, 5.41) is 14.6. The SMILES string of the molecule is CC(C)NC(=O)CCNC(=O)c1cccc(O)c1. The predicted octanol–water partition coefficient (Wildman–Crippen LogP) is 1.04. The highest BCUT2D eigenvalue weighted by Crippen LogP contribution is 2.10. The van der Waals surface area contributed by atoms with E-state index in [1.165, 1.54) is 12.1 Å². The Hall–Kier alpha value is -2.04. The van der Waals surface area contributed by atoms with Crippen LogP contribution < -0.4 is 10.6 Å². The van der Waals surface area contributed by atoms with Gasteiger partial charge in [0, 0.05) is 24.6 Å². The maximum Gasteiger partial charge on any atom is 0.251 e. The predicted molar refractivity (Wildman–Crippen MR) is 68.3 cm³/mol. The van der Waals surface area contributed by atoms with Crippen molar-refractivity contribution in [3.8, 4) is 5.75 Å². The lowest BCUT2D eigenvalue weighted by molar-refractivity contribution is -0.121. The van der Waals surface area contributed by atoms with Crippen molar-refractivity contribution in [1.29, 1.82) is 0 Å². The Morgan fingerprint density at radius 2 is 2.06 bits per heavy atom. The molecule has 98 valence electrons. The van der Waals surface area contributed by atoms with E-state index in [9.17, 15) is 14.7 Å². The van der Waals surface area contributed by atoms with Crippen LogP contribution in [-0.2, 0) is 4.79 Å². The topological polar surface area (TPSA) is 78.4 Å². The number of phenolic OH excluding ortho intramolecular Hbond substituents is 1. The number of nitrogens with one attached hydrogen (secondary N) is 2. The van der Waals surface area contributed by atoms with E-state index in [4.69, 9.17) is 0 Å². The monoisotopic (exact) mass is 250 g/mol. The van der Waals surface area contributed by atoms with Gasteiger partial charge in [-0.1, -0.05) is 6.07 Å². The van der Waals surface area contributed by atoms with Crippen LogP contribution in [0.25, 0.3) is 0 Å². The number of aromatic hydroxyl groups is 1. The zero-order chi connectivity index (χ0) is 13.5. The highest BCUT2D eigenvalue weighted by Gasteiger charge is 2.07. The van der Waals surface area contributed by atoms with Crippen molar-refractivity contribution in [1.82, 2.24) is 10.6 Å². The fraction of sp³-hybridized carbons (Fsp3) is 0.385. The largest absolute Gasteiger partial charge is 0.508 e. The molecule has 0 radical (unpaired) electrons. The third-order valence-electron chi connectivity index (χ3n) is 2.20. The molecule has 0 spiro atoms. The molecule has 0 heterocycles. The summed E-state index contributed by atoms with van der Waals surface area (Å²) in [7, 11) is 0. The van der Waals surface area contributed by atoms with Crippen LogP contribution in [0.2, 0.25) is 0 Å². The van der Waals surface area contributed by atoms with E-state index >= 15 is 0 Å². The van der Waals surface area contributed by atoms with Crippen molar-refractivity contribution < 1.29 is 14.7 Å². The third-order valence-corrected chi connectivity index (χ3v) is 2.20. The summed E-state index contributed by atoms with van der Waals surface area (Å²) in [5.74, 6) is -0.357. The van der Waals surface area contributed by atoms with Gasteiger partial charge in [0.25, 0.3) is 5.91 Å². The Morgan fingerprint density at radius 3 is 2.67 bits per heavy atom. The lowest BCUT2D eigenvalue weighted by atomic mass is 10.2. The van der Waals surface area contributed by atoms with Crippen molar-refractivity contribution in [2.24, 2.45) is 0 Å². The van der Waals surface area contributed by atoms with Gasteiger partial charge in [0.1, 0.15) is 5.75 Å². The van der Waals surface area contributed by atoms with Crippen LogP contribution in [0, 0.1) is 0 Å². The lowest BCUT2D eigenvalue weighted by Gasteiger charge is -2.09. The third kappa shape index (κ3) is 4.86. The molecule has 1 aromatic rings. The summed E-state index contributed by atoms with van der Waals surface area (Å²) in [6.07, 6.45) is 0.239. The Kier molecular flexibility index (Phi) is 5.17. The highest BCUT2D eigenvalue weighted by atomic mass is 16.3. The molecule has 0 saturated carbocycles. The van der Waals surface area contributed by atoms with Crippen molar-refractivity contribution in [2.45, 2.75) is 26.3 Å². The Bertz CT molecular complexity index is 430. The van der Waals surface area contributed by atoms with E-state index < -0.39 is 0 Å². The van der Waals surface area contributed by atoms with Crippen LogP contribution in [0.5, 0.6) is 5.75 Å². The standard InChI is InChI=1S/C13H18N2O3/c1-9(2)15-12(17)6-7-14-13(18)10-4-3-5-11(16)8-10/h3-5,8-9,16H,6-7H2,1-2H3,(H,14,18)(H,15,17). The molecule has 1 rings (SSSR count). The summed E-state index contributed by atoms with van der Waals surface area (Å²) in [5.41, 5.74) is 0.374. The van der Waals surface area contributed by atoms with Gasteiger partial charge in [-0.05, 0) is 32.0 Å². The number of rotatable bonds is 5. The van der Waals surface area contributed by atoms with Crippen molar-refractivity contribution in [2.75, 3.05) is 6.54 Å². The average Bonchev–Trinajstić information content (AvgIpc) is 2.27. The summed E-state index contributed by atoms with van der Waals surface area (Å²) >= 11 is 0. The minimum Gasteiger partial charge on any atom is -0.508 e. The molecule has 18 heavy (non-hydrogen) atoms. The molecule has 0 saturated heterocycles. The summed E-state index contributed by atoms with van der Waals surface area (Å²) in [6, 6.07) is 6.16. The molecule has 0 fully saturated rings. The van der Waals surface area contributed by atoms with Crippen LogP contribution in [0.4, 0.5) is 0 Å². The van der Waals surface area contributed by atoms with Gasteiger partial charge in [-0.25, -0.2) is 0 Å². The molecule has 0 unspecified atom stereocenters. The number of amides is 2. The molecule has 0 atom stereocenters. The maximum atomic E-state index is 11.6. The van der Waals surface area contributed by atoms with E-state index in [2.05, 4.69) is 10.6 Å². The second kappa shape index (κ2) is 6.64. The van der Waals surface area contributed by atoms with E-state index in [0.29, 0.717) is 5.56 Å². The van der Waals surface area contributed by atoms with Gasteiger partial charge in [0.05, 0.1) is 0 Å². The van der Waals surface area contributed by atoms with Crippen LogP contribution in [0.3, 0.4) is 0 Å². The van der Waals surface area contributed by atoms with Gasteiger partial charge in [0.2, 0.25) is 5.91 Å². The summed E-state index contributed by atoms with van der Waals surface area (Å²) < 4.78 is 0. The Morgan fingerprint density at radius 1 is 1.33 bits per heavy atom. The summed E-state index contributed by atoms with van der Waals surface area (Å²) in [4.78, 5) is 23.0. The van der Waals surface area contributed by atoms with Gasteiger partial charge in [-0.15, -0.1) is 0 Å². The van der Waals surface area contributed by atoms with Crippen LogP contribution in [0.15, 0.2) is 24.3 Å². The zero-order valence-corrected chi connectivity index (χ0v) is 10.6. The minimum atomic E-state index is -0.303. The van der Waals surface area contributed by atoms with Gasteiger partial charge >= 0.3 is 0 Å². The molecule has 5 nitrogen and oxygen atoms in total. The van der Waals surface area contributed by atoms with E-state index in [-0.39, 0.29) is 36.6 Å². The number of benzene rings is 1. The molecule has 0 aliphatic heterocycles. The number of carbonyl (C=O) groups is 2. The fourth-order valence-corrected chi connectivity index (χ4v) is 1.43.